The van der Waals surface area contributed by atoms with Crippen LogP contribution >= 0.6 is 0 Å². The molecule has 0 spiro atoms. The number of para-hydroxylation sites is 2. The van der Waals surface area contributed by atoms with Crippen LogP contribution in [0.25, 0.3) is 0 Å². The Morgan fingerprint density at radius 2 is 1.67 bits per heavy atom. The molecule has 1 aliphatic rings. The molecule has 1 amide bonds. The summed E-state index contributed by atoms with van der Waals surface area (Å²) in [6, 6.07) is 15.2. The second kappa shape index (κ2) is 7.12. The summed E-state index contributed by atoms with van der Waals surface area (Å²) in [6.45, 7) is 1.39. The Balaban J connectivity index is 1.93. The molecule has 6 heteroatoms. The van der Waals surface area contributed by atoms with Gasteiger partial charge in [-0.15, -0.1) is 0 Å². The maximum absolute atomic E-state index is 12.9. The maximum atomic E-state index is 12.9. The Bertz CT molecular complexity index is 727. The predicted molar refractivity (Wildman–Crippen MR) is 88.7 cm³/mol. The lowest BCUT2D eigenvalue weighted by atomic mass is 10.1. The fourth-order valence-electron chi connectivity index (χ4n) is 2.83. The van der Waals surface area contributed by atoms with Gasteiger partial charge in [0.1, 0.15) is 0 Å². The Kier molecular flexibility index (Phi) is 4.74. The zero-order valence-corrected chi connectivity index (χ0v) is 13.1. The number of rotatable bonds is 5. The van der Waals surface area contributed by atoms with Gasteiger partial charge < -0.3 is 9.64 Å². The van der Waals surface area contributed by atoms with Gasteiger partial charge in [-0.3, -0.25) is 14.9 Å². The number of likely N-dealkylation sites (tertiary alicyclic amines) is 1. The van der Waals surface area contributed by atoms with Crippen LogP contribution in [-0.4, -0.2) is 28.8 Å². The van der Waals surface area contributed by atoms with Gasteiger partial charge in [-0.05, 0) is 18.9 Å². The van der Waals surface area contributed by atoms with Gasteiger partial charge in [0.25, 0.3) is 5.91 Å². The average molecular weight is 326 g/mol. The van der Waals surface area contributed by atoms with Gasteiger partial charge >= 0.3 is 5.69 Å². The molecule has 3 rings (SSSR count). The number of ether oxygens (including phenoxy) is 1. The van der Waals surface area contributed by atoms with Crippen LogP contribution in [0.4, 0.5) is 5.69 Å². The van der Waals surface area contributed by atoms with Crippen LogP contribution in [0.1, 0.15) is 24.5 Å². The van der Waals surface area contributed by atoms with Crippen LogP contribution < -0.4 is 4.74 Å². The van der Waals surface area contributed by atoms with Gasteiger partial charge in [-0.1, -0.05) is 42.5 Å². The van der Waals surface area contributed by atoms with Crippen LogP contribution in [0.2, 0.25) is 0 Å². The molecule has 6 nitrogen and oxygen atoms in total. The van der Waals surface area contributed by atoms with E-state index in [1.807, 2.05) is 18.2 Å². The van der Waals surface area contributed by atoms with Crippen LogP contribution in [0.3, 0.4) is 0 Å². The lowest BCUT2D eigenvalue weighted by Gasteiger charge is -2.24. The summed E-state index contributed by atoms with van der Waals surface area (Å²) < 4.78 is 5.83. The second-order valence-corrected chi connectivity index (χ2v) is 5.67. The first-order valence-corrected chi connectivity index (χ1v) is 7.90. The number of amides is 1. The SMILES string of the molecule is O=C([C@@H](Oc1ccccc1[N+](=O)[O-])c1ccccc1)N1CCCC1. The molecule has 0 unspecified atom stereocenters. The number of hydrogen-bond acceptors (Lipinski definition) is 4. The lowest BCUT2D eigenvalue weighted by molar-refractivity contribution is -0.386. The molecule has 0 radical (unpaired) electrons. The van der Waals surface area contributed by atoms with Crippen molar-refractivity contribution in [2.75, 3.05) is 13.1 Å². The van der Waals surface area contributed by atoms with E-state index in [0.29, 0.717) is 18.7 Å². The molecule has 0 saturated carbocycles. The number of carbonyl (C=O) groups is 1. The van der Waals surface area contributed by atoms with Crippen molar-refractivity contribution >= 4 is 11.6 Å². The summed E-state index contributed by atoms with van der Waals surface area (Å²) >= 11 is 0. The van der Waals surface area contributed by atoms with Gasteiger partial charge in [0.15, 0.2) is 5.75 Å². The molecule has 2 aromatic carbocycles. The lowest BCUT2D eigenvalue weighted by Crippen LogP contribution is -2.35. The van der Waals surface area contributed by atoms with Crippen LogP contribution in [0.15, 0.2) is 54.6 Å². The molecule has 124 valence electrons. The molecule has 1 fully saturated rings. The molecular formula is C18H18N2O4. The van der Waals surface area contributed by atoms with E-state index < -0.39 is 11.0 Å². The van der Waals surface area contributed by atoms with Crippen molar-refractivity contribution in [3.05, 3.63) is 70.3 Å². The average Bonchev–Trinajstić information content (AvgIpc) is 3.15. The predicted octanol–water partition coefficient (Wildman–Crippen LogP) is 3.34. The van der Waals surface area contributed by atoms with E-state index in [-0.39, 0.29) is 17.3 Å². The molecule has 1 aliphatic heterocycles. The van der Waals surface area contributed by atoms with Crippen molar-refractivity contribution in [2.24, 2.45) is 0 Å². The third-order valence-corrected chi connectivity index (χ3v) is 4.05. The molecule has 1 heterocycles. The number of nitrogens with zero attached hydrogens (tertiary/aromatic N) is 2. The van der Waals surface area contributed by atoms with E-state index in [2.05, 4.69) is 0 Å². The van der Waals surface area contributed by atoms with Crippen LogP contribution in [0.5, 0.6) is 5.75 Å². The smallest absolute Gasteiger partial charge is 0.310 e. The Morgan fingerprint density at radius 1 is 1.04 bits per heavy atom. The highest BCUT2D eigenvalue weighted by Gasteiger charge is 2.31. The molecule has 1 atom stereocenters. The topological polar surface area (TPSA) is 72.7 Å². The zero-order valence-electron chi connectivity index (χ0n) is 13.1. The van der Waals surface area contributed by atoms with Crippen molar-refractivity contribution in [1.29, 1.82) is 0 Å². The maximum Gasteiger partial charge on any atom is 0.310 e. The van der Waals surface area contributed by atoms with Gasteiger partial charge in [0, 0.05) is 24.7 Å². The molecule has 0 aliphatic carbocycles. The Morgan fingerprint density at radius 3 is 2.33 bits per heavy atom. The van der Waals surface area contributed by atoms with E-state index in [9.17, 15) is 14.9 Å². The van der Waals surface area contributed by atoms with Gasteiger partial charge in [0.2, 0.25) is 6.10 Å². The molecular weight excluding hydrogens is 308 g/mol. The fraction of sp³-hybridized carbons (Fsp3) is 0.278. The van der Waals surface area contributed by atoms with Gasteiger partial charge in [-0.2, -0.15) is 0 Å². The first-order valence-electron chi connectivity index (χ1n) is 7.90. The van der Waals surface area contributed by atoms with E-state index in [1.165, 1.54) is 12.1 Å². The third-order valence-electron chi connectivity index (χ3n) is 4.05. The van der Waals surface area contributed by atoms with E-state index >= 15 is 0 Å². The van der Waals surface area contributed by atoms with Gasteiger partial charge in [0.05, 0.1) is 4.92 Å². The molecule has 0 bridgehead atoms. The minimum absolute atomic E-state index is 0.101. The molecule has 2 aromatic rings. The first kappa shape index (κ1) is 16.0. The first-order chi connectivity index (χ1) is 11.7. The van der Waals surface area contributed by atoms with E-state index in [0.717, 1.165) is 12.8 Å². The second-order valence-electron chi connectivity index (χ2n) is 5.67. The number of hydrogen-bond donors (Lipinski definition) is 0. The molecule has 0 N–H and O–H groups in total. The third kappa shape index (κ3) is 3.37. The minimum Gasteiger partial charge on any atom is -0.469 e. The summed E-state index contributed by atoms with van der Waals surface area (Å²) in [5.41, 5.74) is 0.542. The van der Waals surface area contributed by atoms with Crippen molar-refractivity contribution in [1.82, 2.24) is 4.90 Å². The Labute approximate surface area is 139 Å². The standard InChI is InChI=1S/C18H18N2O4/c21-18(19-12-6-7-13-19)17(14-8-2-1-3-9-14)24-16-11-5-4-10-15(16)20(22)23/h1-5,8-11,17H,6-7,12-13H2/t17-/m0/s1. The number of carbonyl (C=O) groups excluding carboxylic acids is 1. The van der Waals surface area contributed by atoms with Crippen molar-refractivity contribution in [3.63, 3.8) is 0 Å². The van der Waals surface area contributed by atoms with Crippen LogP contribution in [-0.2, 0) is 4.79 Å². The number of nitro groups is 1. The Hall–Kier alpha value is -2.89. The largest absolute Gasteiger partial charge is 0.469 e. The molecule has 24 heavy (non-hydrogen) atoms. The summed E-state index contributed by atoms with van der Waals surface area (Å²) in [5, 5.41) is 11.2. The highest BCUT2D eigenvalue weighted by atomic mass is 16.6. The quantitative estimate of drug-likeness (QED) is 0.624. The molecule has 1 saturated heterocycles. The molecule has 0 aromatic heterocycles. The summed E-state index contributed by atoms with van der Waals surface area (Å²) in [6.07, 6.45) is 1.06. The highest BCUT2D eigenvalue weighted by Crippen LogP contribution is 2.32. The fourth-order valence-corrected chi connectivity index (χ4v) is 2.83. The van der Waals surface area contributed by atoms with Crippen molar-refractivity contribution in [3.8, 4) is 5.75 Å². The van der Waals surface area contributed by atoms with E-state index in [1.54, 1.807) is 29.2 Å². The zero-order chi connectivity index (χ0) is 16.9. The summed E-state index contributed by atoms with van der Waals surface area (Å²) in [5.74, 6) is -0.0549. The van der Waals surface area contributed by atoms with Crippen LogP contribution in [0, 0.1) is 10.1 Å². The normalized spacial score (nSPS) is 15.1. The highest BCUT2D eigenvalue weighted by molar-refractivity contribution is 5.83. The number of nitro benzene ring substituents is 1. The van der Waals surface area contributed by atoms with Crippen molar-refractivity contribution in [2.45, 2.75) is 18.9 Å². The monoisotopic (exact) mass is 326 g/mol. The minimum atomic E-state index is -0.884. The van der Waals surface area contributed by atoms with Gasteiger partial charge in [-0.25, -0.2) is 0 Å². The summed E-state index contributed by atoms with van der Waals surface area (Å²) in [7, 11) is 0. The summed E-state index contributed by atoms with van der Waals surface area (Å²) in [4.78, 5) is 25.3. The van der Waals surface area contributed by atoms with Crippen molar-refractivity contribution < 1.29 is 14.5 Å². The number of benzene rings is 2. The van der Waals surface area contributed by atoms with E-state index in [4.69, 9.17) is 4.74 Å².